The predicted molar refractivity (Wildman–Crippen MR) is 73.4 cm³/mol. The maximum absolute atomic E-state index is 5.52. The lowest BCUT2D eigenvalue weighted by Crippen LogP contribution is -2.03. The van der Waals surface area contributed by atoms with Crippen molar-refractivity contribution in [1.29, 1.82) is 0 Å². The molecule has 0 unspecified atom stereocenters. The van der Waals surface area contributed by atoms with E-state index in [9.17, 15) is 0 Å². The van der Waals surface area contributed by atoms with Gasteiger partial charge in [-0.2, -0.15) is 0 Å². The van der Waals surface area contributed by atoms with Gasteiger partial charge in [-0.05, 0) is 31.0 Å². The van der Waals surface area contributed by atoms with Crippen LogP contribution in [0.5, 0.6) is 0 Å². The largest absolute Gasteiger partial charge is 0.357 e. The van der Waals surface area contributed by atoms with Crippen LogP contribution in [-0.4, -0.2) is 11.5 Å². The second-order valence-electron chi connectivity index (χ2n) is 4.00. The highest BCUT2D eigenvalue weighted by molar-refractivity contribution is 7.13. The summed E-state index contributed by atoms with van der Waals surface area (Å²) in [6.07, 6.45) is 0.944. The quantitative estimate of drug-likeness (QED) is 0.853. The minimum absolute atomic E-state index is 0.704. The molecule has 1 aromatic carbocycles. The Morgan fingerprint density at radius 3 is 2.53 bits per heavy atom. The fourth-order valence-corrected chi connectivity index (χ4v) is 2.29. The van der Waals surface area contributed by atoms with Gasteiger partial charge in [0.2, 0.25) is 0 Å². The minimum Gasteiger partial charge on any atom is -0.357 e. The Labute approximate surface area is 106 Å². The molecule has 0 aliphatic carbocycles. The summed E-state index contributed by atoms with van der Waals surface area (Å²) in [4.78, 5) is 4.36. The highest BCUT2D eigenvalue weighted by Gasteiger charge is 1.98. The van der Waals surface area contributed by atoms with Crippen LogP contribution in [0.15, 0.2) is 29.6 Å². The number of rotatable bonds is 5. The molecule has 3 nitrogen and oxygen atoms in total. The van der Waals surface area contributed by atoms with E-state index in [0.29, 0.717) is 6.54 Å². The molecule has 17 heavy (non-hydrogen) atoms. The Kier molecular flexibility index (Phi) is 4.12. The summed E-state index contributed by atoms with van der Waals surface area (Å²) in [6.45, 7) is 3.52. The molecule has 90 valence electrons. The van der Waals surface area contributed by atoms with Crippen LogP contribution in [-0.2, 0) is 13.0 Å². The first-order valence-corrected chi connectivity index (χ1v) is 6.60. The van der Waals surface area contributed by atoms with Crippen LogP contribution in [0.4, 0.5) is 5.13 Å². The zero-order valence-corrected chi connectivity index (χ0v) is 10.8. The number of thiazole rings is 1. The van der Waals surface area contributed by atoms with Gasteiger partial charge in [0, 0.05) is 11.9 Å². The molecule has 3 N–H and O–H groups in total. The smallest absolute Gasteiger partial charge is 0.183 e. The molecule has 0 aliphatic heterocycles. The first-order chi connectivity index (χ1) is 8.28. The number of nitrogens with two attached hydrogens (primary N) is 1. The van der Waals surface area contributed by atoms with E-state index in [1.54, 1.807) is 11.3 Å². The van der Waals surface area contributed by atoms with Gasteiger partial charge in [-0.25, -0.2) is 4.98 Å². The molecular weight excluding hydrogens is 230 g/mol. The molecule has 0 spiro atoms. The van der Waals surface area contributed by atoms with Crippen LogP contribution in [0.25, 0.3) is 0 Å². The molecule has 0 saturated carbocycles. The molecular formula is C13H17N3S. The summed E-state index contributed by atoms with van der Waals surface area (Å²) >= 11 is 1.64. The number of nitrogens with one attached hydrogen (secondary N) is 1. The predicted octanol–water partition coefficient (Wildman–Crippen LogP) is 2.56. The zero-order valence-electron chi connectivity index (χ0n) is 9.94. The number of anilines is 1. The molecule has 0 radical (unpaired) electrons. The molecule has 2 rings (SSSR count). The van der Waals surface area contributed by atoms with Crippen molar-refractivity contribution in [3.05, 3.63) is 46.5 Å². The van der Waals surface area contributed by atoms with E-state index in [1.165, 1.54) is 11.1 Å². The van der Waals surface area contributed by atoms with Crippen molar-refractivity contribution in [1.82, 2.24) is 4.98 Å². The van der Waals surface area contributed by atoms with Crippen LogP contribution in [0.3, 0.4) is 0 Å². The third-order valence-corrected chi connectivity index (χ3v) is 3.44. The molecule has 0 bridgehead atoms. The first kappa shape index (κ1) is 12.1. The molecule has 2 aromatic rings. The SMILES string of the molecule is Cc1csc(NCc2ccc(CCN)cc2)n1. The summed E-state index contributed by atoms with van der Waals surface area (Å²) in [6, 6.07) is 8.55. The molecule has 0 atom stereocenters. The summed E-state index contributed by atoms with van der Waals surface area (Å²) in [7, 11) is 0. The van der Waals surface area contributed by atoms with Crippen LogP contribution < -0.4 is 11.1 Å². The maximum atomic E-state index is 5.52. The van der Waals surface area contributed by atoms with E-state index in [1.807, 2.05) is 12.3 Å². The number of nitrogens with zero attached hydrogens (tertiary/aromatic N) is 1. The minimum atomic E-state index is 0.704. The Morgan fingerprint density at radius 2 is 1.94 bits per heavy atom. The van der Waals surface area contributed by atoms with E-state index < -0.39 is 0 Å². The van der Waals surface area contributed by atoms with E-state index in [-0.39, 0.29) is 0 Å². The molecule has 0 amide bonds. The summed E-state index contributed by atoms with van der Waals surface area (Å²) in [5, 5.41) is 6.34. The maximum Gasteiger partial charge on any atom is 0.183 e. The van der Waals surface area contributed by atoms with Gasteiger partial charge in [0.1, 0.15) is 0 Å². The third-order valence-electron chi connectivity index (χ3n) is 2.52. The fraction of sp³-hybridized carbons (Fsp3) is 0.308. The second-order valence-corrected chi connectivity index (χ2v) is 4.86. The van der Waals surface area contributed by atoms with Gasteiger partial charge in [0.05, 0.1) is 5.69 Å². The van der Waals surface area contributed by atoms with E-state index in [4.69, 9.17) is 5.73 Å². The number of aromatic nitrogens is 1. The van der Waals surface area contributed by atoms with E-state index in [2.05, 4.69) is 34.6 Å². The Bertz CT molecular complexity index is 462. The average molecular weight is 247 g/mol. The Balaban J connectivity index is 1.90. The van der Waals surface area contributed by atoms with Gasteiger partial charge < -0.3 is 11.1 Å². The first-order valence-electron chi connectivity index (χ1n) is 5.72. The van der Waals surface area contributed by atoms with Crippen molar-refractivity contribution < 1.29 is 0 Å². The van der Waals surface area contributed by atoms with Gasteiger partial charge in [-0.1, -0.05) is 24.3 Å². The highest BCUT2D eigenvalue weighted by Crippen LogP contribution is 2.15. The molecule has 0 saturated heterocycles. The molecule has 1 aromatic heterocycles. The van der Waals surface area contributed by atoms with Crippen molar-refractivity contribution >= 4 is 16.5 Å². The van der Waals surface area contributed by atoms with Crippen LogP contribution in [0.2, 0.25) is 0 Å². The molecule has 4 heteroatoms. The van der Waals surface area contributed by atoms with Crippen molar-refractivity contribution in [2.45, 2.75) is 19.9 Å². The van der Waals surface area contributed by atoms with Crippen molar-refractivity contribution in [2.24, 2.45) is 5.73 Å². The van der Waals surface area contributed by atoms with Gasteiger partial charge in [-0.15, -0.1) is 11.3 Å². The number of aryl methyl sites for hydroxylation is 1. The lowest BCUT2D eigenvalue weighted by molar-refractivity contribution is 0.966. The Morgan fingerprint density at radius 1 is 1.24 bits per heavy atom. The van der Waals surface area contributed by atoms with Gasteiger partial charge >= 0.3 is 0 Å². The van der Waals surface area contributed by atoms with Gasteiger partial charge in [0.25, 0.3) is 0 Å². The standard InChI is InChI=1S/C13H17N3S/c1-10-9-17-13(16-10)15-8-12-4-2-11(3-5-12)6-7-14/h2-5,9H,6-8,14H2,1H3,(H,15,16). The normalized spacial score (nSPS) is 10.5. The van der Waals surface area contributed by atoms with Crippen molar-refractivity contribution in [2.75, 3.05) is 11.9 Å². The Hall–Kier alpha value is -1.39. The van der Waals surface area contributed by atoms with Gasteiger partial charge in [0.15, 0.2) is 5.13 Å². The second kappa shape index (κ2) is 5.80. The third kappa shape index (κ3) is 3.54. The highest BCUT2D eigenvalue weighted by atomic mass is 32.1. The summed E-state index contributed by atoms with van der Waals surface area (Å²) < 4.78 is 0. The van der Waals surface area contributed by atoms with Crippen molar-refractivity contribution in [3.8, 4) is 0 Å². The van der Waals surface area contributed by atoms with Gasteiger partial charge in [-0.3, -0.25) is 0 Å². The number of hydrogen-bond acceptors (Lipinski definition) is 4. The summed E-state index contributed by atoms with van der Waals surface area (Å²) in [5.74, 6) is 0. The topological polar surface area (TPSA) is 50.9 Å². The monoisotopic (exact) mass is 247 g/mol. The molecule has 0 aliphatic rings. The summed E-state index contributed by atoms with van der Waals surface area (Å²) in [5.41, 5.74) is 9.14. The van der Waals surface area contributed by atoms with Crippen LogP contribution in [0, 0.1) is 6.92 Å². The van der Waals surface area contributed by atoms with Crippen LogP contribution >= 0.6 is 11.3 Å². The van der Waals surface area contributed by atoms with Crippen LogP contribution in [0.1, 0.15) is 16.8 Å². The zero-order chi connectivity index (χ0) is 12.1. The lowest BCUT2D eigenvalue weighted by Gasteiger charge is -2.04. The van der Waals surface area contributed by atoms with E-state index >= 15 is 0 Å². The van der Waals surface area contributed by atoms with E-state index in [0.717, 1.165) is 23.8 Å². The lowest BCUT2D eigenvalue weighted by atomic mass is 10.1. The number of hydrogen-bond donors (Lipinski definition) is 2. The average Bonchev–Trinajstić information content (AvgIpc) is 2.75. The molecule has 0 fully saturated rings. The van der Waals surface area contributed by atoms with Crippen molar-refractivity contribution in [3.63, 3.8) is 0 Å². The molecule has 1 heterocycles. The fourth-order valence-electron chi connectivity index (χ4n) is 1.60. The number of benzene rings is 1.